The lowest BCUT2D eigenvalue weighted by atomic mass is 10.0. The molecule has 6 heteroatoms. The smallest absolute Gasteiger partial charge is 0.254 e. The van der Waals surface area contributed by atoms with Crippen molar-refractivity contribution in [3.8, 4) is 5.69 Å². The third-order valence-corrected chi connectivity index (χ3v) is 5.53. The topological polar surface area (TPSA) is 41.4 Å². The van der Waals surface area contributed by atoms with E-state index in [0.717, 1.165) is 32.4 Å². The van der Waals surface area contributed by atoms with Crippen LogP contribution in [0.5, 0.6) is 0 Å². The van der Waals surface area contributed by atoms with Crippen molar-refractivity contribution < 1.29 is 9.18 Å². The molecule has 132 valence electrons. The average Bonchev–Trinajstić information content (AvgIpc) is 3.35. The zero-order valence-corrected chi connectivity index (χ0v) is 14.4. The number of hydrogen-bond donors (Lipinski definition) is 0. The first-order valence-corrected chi connectivity index (χ1v) is 8.96. The molecule has 1 aromatic carbocycles. The molecule has 2 aliphatic rings. The lowest BCUT2D eigenvalue weighted by Crippen LogP contribution is -2.47. The fraction of sp³-hybridized carbons (Fsp3) is 0.474. The molecule has 1 aromatic heterocycles. The zero-order valence-electron chi connectivity index (χ0n) is 14.4. The lowest BCUT2D eigenvalue weighted by molar-refractivity contribution is 0.0664. The van der Waals surface area contributed by atoms with Gasteiger partial charge >= 0.3 is 0 Å². The van der Waals surface area contributed by atoms with Crippen molar-refractivity contribution in [2.75, 3.05) is 20.1 Å². The van der Waals surface area contributed by atoms with E-state index >= 15 is 0 Å². The van der Waals surface area contributed by atoms with E-state index in [2.05, 4.69) is 17.0 Å². The maximum Gasteiger partial charge on any atom is 0.254 e. The highest BCUT2D eigenvalue weighted by Crippen LogP contribution is 2.30. The molecule has 3 heterocycles. The Bertz CT molecular complexity index is 761. The van der Waals surface area contributed by atoms with Crippen LogP contribution in [-0.2, 0) is 0 Å². The summed E-state index contributed by atoms with van der Waals surface area (Å²) >= 11 is 0. The minimum Gasteiger partial charge on any atom is -0.334 e. The molecule has 2 atom stereocenters. The van der Waals surface area contributed by atoms with Crippen molar-refractivity contribution in [1.82, 2.24) is 19.6 Å². The number of rotatable bonds is 3. The molecule has 5 nitrogen and oxygen atoms in total. The van der Waals surface area contributed by atoms with Crippen LogP contribution in [-0.4, -0.2) is 57.7 Å². The summed E-state index contributed by atoms with van der Waals surface area (Å²) in [7, 11) is 2.14. The number of benzene rings is 1. The number of amides is 1. The Kier molecular flexibility index (Phi) is 4.29. The van der Waals surface area contributed by atoms with Gasteiger partial charge in [0.1, 0.15) is 11.5 Å². The minimum absolute atomic E-state index is 0.0614. The van der Waals surface area contributed by atoms with Gasteiger partial charge in [0.25, 0.3) is 5.91 Å². The normalized spacial score (nSPS) is 24.2. The molecule has 0 unspecified atom stereocenters. The van der Waals surface area contributed by atoms with Gasteiger partial charge in [-0.05, 0) is 63.5 Å². The quantitative estimate of drug-likeness (QED) is 0.861. The number of hydrogen-bond acceptors (Lipinski definition) is 3. The summed E-state index contributed by atoms with van der Waals surface area (Å²) in [6.07, 6.45) is 7.67. The molecule has 4 rings (SSSR count). The number of aromatic nitrogens is 2. The summed E-state index contributed by atoms with van der Waals surface area (Å²) in [6, 6.07) is 7.09. The van der Waals surface area contributed by atoms with Crippen molar-refractivity contribution >= 4 is 5.91 Å². The highest BCUT2D eigenvalue weighted by atomic mass is 19.1. The molecule has 2 saturated heterocycles. The highest BCUT2D eigenvalue weighted by molar-refractivity contribution is 5.95. The standard InChI is InChI=1S/C19H23FN4O/c1-22-10-2-5-17(22)18-6-3-11-23(18)19(25)14-7-8-16(15(20)13-14)24-12-4-9-21-24/h4,7-9,12-13,17-18H,2-3,5-6,10-11H2,1H3/t17-,18+/m1/s1. The second kappa shape index (κ2) is 6.59. The number of carbonyl (C=O) groups is 1. The Morgan fingerprint density at radius 2 is 2.00 bits per heavy atom. The fourth-order valence-corrected chi connectivity index (χ4v) is 4.27. The Hall–Kier alpha value is -2.21. The van der Waals surface area contributed by atoms with Crippen LogP contribution in [0.25, 0.3) is 5.69 Å². The molecule has 0 radical (unpaired) electrons. The number of likely N-dealkylation sites (N-methyl/N-ethyl adjacent to an activating group) is 1. The maximum atomic E-state index is 14.5. The summed E-state index contributed by atoms with van der Waals surface area (Å²) in [5.41, 5.74) is 0.774. The summed E-state index contributed by atoms with van der Waals surface area (Å²) in [6.45, 7) is 1.85. The molecule has 2 fully saturated rings. The van der Waals surface area contributed by atoms with Crippen LogP contribution in [0.1, 0.15) is 36.0 Å². The maximum absolute atomic E-state index is 14.5. The SMILES string of the molecule is CN1CCC[C@@H]1[C@@H]1CCCN1C(=O)c1ccc(-n2cccn2)c(F)c1. The van der Waals surface area contributed by atoms with Crippen molar-refractivity contribution in [2.45, 2.75) is 37.8 Å². The molecule has 0 spiro atoms. The van der Waals surface area contributed by atoms with Crippen LogP contribution in [0.4, 0.5) is 4.39 Å². The summed E-state index contributed by atoms with van der Waals surface area (Å²) in [4.78, 5) is 17.3. The van der Waals surface area contributed by atoms with Gasteiger partial charge in [0.05, 0.1) is 0 Å². The zero-order chi connectivity index (χ0) is 17.4. The molecular formula is C19H23FN4O. The van der Waals surface area contributed by atoms with E-state index in [0.29, 0.717) is 17.3 Å². The van der Waals surface area contributed by atoms with E-state index in [4.69, 9.17) is 0 Å². The Labute approximate surface area is 147 Å². The predicted molar refractivity (Wildman–Crippen MR) is 93.2 cm³/mol. The van der Waals surface area contributed by atoms with Gasteiger partial charge in [-0.25, -0.2) is 9.07 Å². The van der Waals surface area contributed by atoms with E-state index in [1.165, 1.54) is 17.2 Å². The Balaban J connectivity index is 1.57. The van der Waals surface area contributed by atoms with Gasteiger partial charge in [0.2, 0.25) is 0 Å². The molecule has 0 saturated carbocycles. The van der Waals surface area contributed by atoms with Crippen molar-refractivity contribution in [1.29, 1.82) is 0 Å². The van der Waals surface area contributed by atoms with E-state index in [9.17, 15) is 9.18 Å². The van der Waals surface area contributed by atoms with Gasteiger partial charge in [-0.2, -0.15) is 5.10 Å². The van der Waals surface area contributed by atoms with Crippen LogP contribution in [0.3, 0.4) is 0 Å². The van der Waals surface area contributed by atoms with Crippen molar-refractivity contribution in [2.24, 2.45) is 0 Å². The van der Waals surface area contributed by atoms with Crippen LogP contribution in [0.2, 0.25) is 0 Å². The molecule has 0 bridgehead atoms. The number of carbonyl (C=O) groups excluding carboxylic acids is 1. The number of halogens is 1. The largest absolute Gasteiger partial charge is 0.334 e. The first-order valence-electron chi connectivity index (χ1n) is 8.96. The van der Waals surface area contributed by atoms with E-state index in [1.54, 1.807) is 30.6 Å². The third kappa shape index (κ3) is 2.95. The van der Waals surface area contributed by atoms with Crippen LogP contribution < -0.4 is 0 Å². The first-order chi connectivity index (χ1) is 12.1. The van der Waals surface area contributed by atoms with E-state index in [-0.39, 0.29) is 11.9 Å². The molecule has 2 aromatic rings. The van der Waals surface area contributed by atoms with Gasteiger partial charge in [-0.1, -0.05) is 0 Å². The number of likely N-dealkylation sites (tertiary alicyclic amines) is 2. The average molecular weight is 342 g/mol. The van der Waals surface area contributed by atoms with Gasteiger partial charge in [-0.15, -0.1) is 0 Å². The molecule has 0 aliphatic carbocycles. The van der Waals surface area contributed by atoms with Crippen LogP contribution in [0.15, 0.2) is 36.7 Å². The second-order valence-electron chi connectivity index (χ2n) is 7.02. The predicted octanol–water partition coefficient (Wildman–Crippen LogP) is 2.71. The summed E-state index contributed by atoms with van der Waals surface area (Å²) in [5.74, 6) is -0.489. The number of nitrogens with zero attached hydrogens (tertiary/aromatic N) is 4. The third-order valence-electron chi connectivity index (χ3n) is 5.53. The van der Waals surface area contributed by atoms with Crippen LogP contribution >= 0.6 is 0 Å². The highest BCUT2D eigenvalue weighted by Gasteiger charge is 2.38. The summed E-state index contributed by atoms with van der Waals surface area (Å²) < 4.78 is 15.9. The lowest BCUT2D eigenvalue weighted by Gasteiger charge is -2.33. The van der Waals surface area contributed by atoms with E-state index < -0.39 is 5.82 Å². The molecule has 25 heavy (non-hydrogen) atoms. The molecule has 2 aliphatic heterocycles. The van der Waals surface area contributed by atoms with Gasteiger partial charge in [-0.3, -0.25) is 4.79 Å². The first kappa shape index (κ1) is 16.3. The minimum atomic E-state index is -0.428. The van der Waals surface area contributed by atoms with Crippen molar-refractivity contribution in [3.63, 3.8) is 0 Å². The van der Waals surface area contributed by atoms with Crippen molar-refractivity contribution in [3.05, 3.63) is 48.0 Å². The second-order valence-corrected chi connectivity index (χ2v) is 7.02. The molecule has 1 amide bonds. The van der Waals surface area contributed by atoms with Crippen LogP contribution in [0, 0.1) is 5.82 Å². The van der Waals surface area contributed by atoms with Gasteiger partial charge in [0.15, 0.2) is 0 Å². The van der Waals surface area contributed by atoms with Gasteiger partial charge < -0.3 is 9.80 Å². The molecule has 0 N–H and O–H groups in total. The fourth-order valence-electron chi connectivity index (χ4n) is 4.27. The summed E-state index contributed by atoms with van der Waals surface area (Å²) in [5, 5.41) is 4.05. The molecular weight excluding hydrogens is 319 g/mol. The Morgan fingerprint density at radius 1 is 1.20 bits per heavy atom. The van der Waals surface area contributed by atoms with Gasteiger partial charge in [0, 0.05) is 36.6 Å². The van der Waals surface area contributed by atoms with E-state index in [1.807, 2.05) is 4.90 Å². The monoisotopic (exact) mass is 342 g/mol. The Morgan fingerprint density at radius 3 is 2.68 bits per heavy atom.